The zero-order chi connectivity index (χ0) is 15.1. The smallest absolute Gasteiger partial charge is 0.319 e. The number of anilines is 1. The molecule has 1 aromatic carbocycles. The van der Waals surface area contributed by atoms with Gasteiger partial charge in [-0.1, -0.05) is 42.6 Å². The Labute approximate surface area is 127 Å². The van der Waals surface area contributed by atoms with E-state index in [1.165, 1.54) is 0 Å². The molecule has 7 heteroatoms. The first-order valence-electron chi connectivity index (χ1n) is 6.14. The van der Waals surface area contributed by atoms with Crippen LogP contribution in [0.3, 0.4) is 0 Å². The topological polar surface area (TPSA) is 78.4 Å². The van der Waals surface area contributed by atoms with E-state index in [0.717, 1.165) is 0 Å². The number of nitrogens with one attached hydrogen (secondary N) is 2. The van der Waals surface area contributed by atoms with Gasteiger partial charge in [0.1, 0.15) is 0 Å². The number of carboxylic acid groups (broad SMARTS) is 1. The van der Waals surface area contributed by atoms with Crippen LogP contribution in [0, 0.1) is 5.92 Å². The van der Waals surface area contributed by atoms with Crippen LogP contribution in [0.5, 0.6) is 0 Å². The third-order valence-corrected chi connectivity index (χ3v) is 3.42. The SMILES string of the molecule is CCC(CNC(=O)Nc1c(Cl)cccc1Cl)CC(=O)O. The summed E-state index contributed by atoms with van der Waals surface area (Å²) >= 11 is 11.9. The van der Waals surface area contributed by atoms with E-state index in [1.54, 1.807) is 18.2 Å². The van der Waals surface area contributed by atoms with Crippen LogP contribution in [0.15, 0.2) is 18.2 Å². The Morgan fingerprint density at radius 2 is 1.90 bits per heavy atom. The van der Waals surface area contributed by atoms with Crippen molar-refractivity contribution in [3.8, 4) is 0 Å². The second-order valence-electron chi connectivity index (χ2n) is 4.30. The van der Waals surface area contributed by atoms with Gasteiger partial charge in [-0.15, -0.1) is 0 Å². The van der Waals surface area contributed by atoms with E-state index in [0.29, 0.717) is 22.2 Å². The number of para-hydroxylation sites is 1. The monoisotopic (exact) mass is 318 g/mol. The highest BCUT2D eigenvalue weighted by molar-refractivity contribution is 6.39. The lowest BCUT2D eigenvalue weighted by Crippen LogP contribution is -2.33. The Hall–Kier alpha value is -1.46. The van der Waals surface area contributed by atoms with Crippen molar-refractivity contribution in [2.45, 2.75) is 19.8 Å². The zero-order valence-corrected chi connectivity index (χ0v) is 12.5. The first-order chi connectivity index (χ1) is 9.43. The van der Waals surface area contributed by atoms with Gasteiger partial charge in [-0.3, -0.25) is 4.79 Å². The van der Waals surface area contributed by atoms with Gasteiger partial charge in [0.05, 0.1) is 15.7 Å². The molecule has 20 heavy (non-hydrogen) atoms. The maximum absolute atomic E-state index is 11.7. The number of hydrogen-bond acceptors (Lipinski definition) is 2. The molecule has 0 spiro atoms. The van der Waals surface area contributed by atoms with Gasteiger partial charge >= 0.3 is 12.0 Å². The van der Waals surface area contributed by atoms with Crippen molar-refractivity contribution in [2.24, 2.45) is 5.92 Å². The minimum absolute atomic E-state index is 0.0175. The Morgan fingerprint density at radius 3 is 2.40 bits per heavy atom. The van der Waals surface area contributed by atoms with Crippen molar-refractivity contribution in [3.63, 3.8) is 0 Å². The highest BCUT2D eigenvalue weighted by Crippen LogP contribution is 2.29. The van der Waals surface area contributed by atoms with E-state index < -0.39 is 12.0 Å². The summed E-state index contributed by atoms with van der Waals surface area (Å²) in [6, 6.07) is 4.43. The third kappa shape index (κ3) is 5.27. The third-order valence-electron chi connectivity index (χ3n) is 2.79. The molecule has 0 aliphatic rings. The van der Waals surface area contributed by atoms with Crippen LogP contribution in [-0.2, 0) is 4.79 Å². The van der Waals surface area contributed by atoms with E-state index in [1.807, 2.05) is 6.92 Å². The first kappa shape index (κ1) is 16.6. The number of amides is 2. The van der Waals surface area contributed by atoms with Crippen LogP contribution in [0.2, 0.25) is 10.0 Å². The van der Waals surface area contributed by atoms with Crippen LogP contribution in [0.4, 0.5) is 10.5 Å². The number of benzene rings is 1. The molecule has 0 aliphatic carbocycles. The van der Waals surface area contributed by atoms with E-state index in [2.05, 4.69) is 10.6 Å². The predicted octanol–water partition coefficient (Wildman–Crippen LogP) is 3.62. The lowest BCUT2D eigenvalue weighted by molar-refractivity contribution is -0.138. The first-order valence-corrected chi connectivity index (χ1v) is 6.90. The van der Waals surface area contributed by atoms with Gasteiger partial charge in [0, 0.05) is 13.0 Å². The van der Waals surface area contributed by atoms with Crippen molar-refractivity contribution in [1.82, 2.24) is 5.32 Å². The summed E-state index contributed by atoms with van der Waals surface area (Å²) < 4.78 is 0. The number of carbonyl (C=O) groups is 2. The molecule has 3 N–H and O–H groups in total. The molecule has 0 radical (unpaired) electrons. The molecule has 1 unspecified atom stereocenters. The summed E-state index contributed by atoms with van der Waals surface area (Å²) in [5.74, 6) is -0.992. The van der Waals surface area contributed by atoms with Crippen molar-refractivity contribution >= 4 is 40.9 Å². The van der Waals surface area contributed by atoms with Crippen LogP contribution >= 0.6 is 23.2 Å². The summed E-state index contributed by atoms with van der Waals surface area (Å²) in [6.45, 7) is 2.15. The summed E-state index contributed by atoms with van der Waals surface area (Å²) in [7, 11) is 0. The Bertz CT molecular complexity index is 474. The fourth-order valence-electron chi connectivity index (χ4n) is 1.62. The molecule has 0 heterocycles. The highest BCUT2D eigenvalue weighted by atomic mass is 35.5. The van der Waals surface area contributed by atoms with Crippen molar-refractivity contribution in [1.29, 1.82) is 0 Å². The highest BCUT2D eigenvalue weighted by Gasteiger charge is 2.14. The molecular formula is C13H16Cl2N2O3. The van der Waals surface area contributed by atoms with Gasteiger partial charge in [0.15, 0.2) is 0 Å². The Morgan fingerprint density at radius 1 is 1.30 bits per heavy atom. The van der Waals surface area contributed by atoms with Gasteiger partial charge in [0.25, 0.3) is 0 Å². The Balaban J connectivity index is 2.53. The molecule has 0 saturated carbocycles. The fraction of sp³-hybridized carbons (Fsp3) is 0.385. The standard InChI is InChI=1S/C13H16Cl2N2O3/c1-2-8(6-11(18)19)7-16-13(20)17-12-9(14)4-3-5-10(12)15/h3-5,8H,2,6-7H2,1H3,(H,18,19)(H2,16,17,20). The molecule has 0 bridgehead atoms. The van der Waals surface area contributed by atoms with E-state index >= 15 is 0 Å². The lowest BCUT2D eigenvalue weighted by Gasteiger charge is -2.15. The average Bonchev–Trinajstić information content (AvgIpc) is 2.38. The summed E-state index contributed by atoms with van der Waals surface area (Å²) in [4.78, 5) is 22.4. The molecule has 0 aliphatic heterocycles. The quantitative estimate of drug-likeness (QED) is 0.749. The minimum atomic E-state index is -0.881. The van der Waals surface area contributed by atoms with Gasteiger partial charge in [0.2, 0.25) is 0 Å². The molecule has 5 nitrogen and oxygen atoms in total. The molecule has 0 aromatic heterocycles. The van der Waals surface area contributed by atoms with Gasteiger partial charge < -0.3 is 15.7 Å². The van der Waals surface area contributed by atoms with Crippen LogP contribution in [0.1, 0.15) is 19.8 Å². The number of aliphatic carboxylic acids is 1. The maximum Gasteiger partial charge on any atom is 0.319 e. The predicted molar refractivity (Wildman–Crippen MR) is 79.5 cm³/mol. The molecule has 0 fully saturated rings. The zero-order valence-electron chi connectivity index (χ0n) is 11.0. The van der Waals surface area contributed by atoms with Crippen molar-refractivity contribution < 1.29 is 14.7 Å². The number of hydrogen-bond donors (Lipinski definition) is 3. The number of carboxylic acids is 1. The molecule has 0 saturated heterocycles. The fourth-order valence-corrected chi connectivity index (χ4v) is 2.11. The molecule has 1 rings (SSSR count). The second-order valence-corrected chi connectivity index (χ2v) is 5.12. The molecule has 110 valence electrons. The number of carbonyl (C=O) groups excluding carboxylic acids is 1. The van der Waals surface area contributed by atoms with Crippen molar-refractivity contribution in [3.05, 3.63) is 28.2 Å². The normalized spacial score (nSPS) is 11.8. The van der Waals surface area contributed by atoms with Crippen LogP contribution in [-0.4, -0.2) is 23.7 Å². The van der Waals surface area contributed by atoms with E-state index in [-0.39, 0.29) is 18.9 Å². The molecule has 2 amide bonds. The number of rotatable bonds is 6. The molecule has 1 atom stereocenters. The molecule has 1 aromatic rings. The number of urea groups is 1. The lowest BCUT2D eigenvalue weighted by atomic mass is 10.0. The van der Waals surface area contributed by atoms with Gasteiger partial charge in [-0.05, 0) is 18.1 Å². The summed E-state index contributed by atoms with van der Waals surface area (Å²) in [6.07, 6.45) is 0.684. The summed E-state index contributed by atoms with van der Waals surface area (Å²) in [5.41, 5.74) is 0.333. The van der Waals surface area contributed by atoms with Crippen LogP contribution in [0.25, 0.3) is 0 Å². The van der Waals surface area contributed by atoms with Crippen LogP contribution < -0.4 is 10.6 Å². The van der Waals surface area contributed by atoms with E-state index in [9.17, 15) is 9.59 Å². The summed E-state index contributed by atoms with van der Waals surface area (Å²) in [5, 5.41) is 14.6. The van der Waals surface area contributed by atoms with Gasteiger partial charge in [-0.25, -0.2) is 4.79 Å². The Kier molecular flexibility index (Phi) is 6.61. The van der Waals surface area contributed by atoms with Crippen molar-refractivity contribution in [2.75, 3.05) is 11.9 Å². The second kappa shape index (κ2) is 7.97. The maximum atomic E-state index is 11.7. The number of halogens is 2. The largest absolute Gasteiger partial charge is 0.481 e. The van der Waals surface area contributed by atoms with E-state index in [4.69, 9.17) is 28.3 Å². The minimum Gasteiger partial charge on any atom is -0.481 e. The molecular weight excluding hydrogens is 303 g/mol. The van der Waals surface area contributed by atoms with Gasteiger partial charge in [-0.2, -0.15) is 0 Å². The average molecular weight is 319 g/mol.